The van der Waals surface area contributed by atoms with Crippen LogP contribution in [0.15, 0.2) is 29.3 Å². The maximum Gasteiger partial charge on any atom is 0.227 e. The average Bonchev–Trinajstić information content (AvgIpc) is 3.20. The van der Waals surface area contributed by atoms with Gasteiger partial charge in [-0.15, -0.1) is 0 Å². The fraction of sp³-hybridized carbons (Fsp3) is 0.591. The third-order valence-electron chi connectivity index (χ3n) is 6.65. The first-order valence-electron chi connectivity index (χ1n) is 11.0. The van der Waals surface area contributed by atoms with Gasteiger partial charge in [0.15, 0.2) is 5.17 Å². The summed E-state index contributed by atoms with van der Waals surface area (Å²) < 4.78 is 0. The highest BCUT2D eigenvalue weighted by Gasteiger charge is 2.51. The van der Waals surface area contributed by atoms with E-state index >= 15 is 0 Å². The third-order valence-corrected chi connectivity index (χ3v) is 7.96. The predicted octanol–water partition coefficient (Wildman–Crippen LogP) is 0.470. The molecule has 1 aromatic carbocycles. The molecule has 0 unspecified atom stereocenters. The van der Waals surface area contributed by atoms with Crippen LogP contribution >= 0.6 is 11.8 Å². The van der Waals surface area contributed by atoms with Crippen molar-refractivity contribution >= 4 is 40.1 Å². The highest BCUT2D eigenvalue weighted by Crippen LogP contribution is 2.42. The number of carbonyl (C=O) groups excluding carboxylic acids is 2. The summed E-state index contributed by atoms with van der Waals surface area (Å²) in [5, 5.41) is 24.7. The van der Waals surface area contributed by atoms with E-state index in [2.05, 4.69) is 10.3 Å². The fourth-order valence-corrected chi connectivity index (χ4v) is 6.05. The maximum absolute atomic E-state index is 13.3. The predicted molar refractivity (Wildman–Crippen MR) is 126 cm³/mol. The number of nitrogens with zero attached hydrogens (tertiary/aromatic N) is 3. The molecule has 32 heavy (non-hydrogen) atoms. The van der Waals surface area contributed by atoms with Crippen molar-refractivity contribution in [2.45, 2.75) is 42.8 Å². The van der Waals surface area contributed by atoms with Crippen LogP contribution in [0.5, 0.6) is 0 Å². The van der Waals surface area contributed by atoms with E-state index < -0.39 is 24.2 Å². The standard InChI is InChI=1S/C22H31N5O4S/c1-26(2)14-5-3-13(4-6-14)24-22-25-17-18(29)16(28)11-15(19(17)32-22)21(31)27-9-7-12(8-10-27)20(23)30/h3-6,12,15-19,28-29H,7-11H2,1-2H3,(H2,23,30)(H,24,25)/t15-,16+,17+,18-,19+/m0/s1. The Bertz CT molecular complexity index is 885. The van der Waals surface area contributed by atoms with Gasteiger partial charge in [-0.25, -0.2) is 0 Å². The van der Waals surface area contributed by atoms with Crippen LogP contribution in [0.1, 0.15) is 19.3 Å². The number of benzene rings is 1. The largest absolute Gasteiger partial charge is 0.390 e. The van der Waals surface area contributed by atoms with Crippen LogP contribution in [0.4, 0.5) is 11.4 Å². The summed E-state index contributed by atoms with van der Waals surface area (Å²) >= 11 is 1.45. The Balaban J connectivity index is 1.45. The molecule has 1 aromatic rings. The van der Waals surface area contributed by atoms with E-state index in [1.165, 1.54) is 11.8 Å². The van der Waals surface area contributed by atoms with Gasteiger partial charge in [0, 0.05) is 49.7 Å². The lowest BCUT2D eigenvalue weighted by molar-refractivity contribution is -0.142. The number of thioether (sulfide) groups is 1. The Kier molecular flexibility index (Phi) is 6.64. The molecule has 5 atom stereocenters. The summed E-state index contributed by atoms with van der Waals surface area (Å²) in [4.78, 5) is 33.1. The fourth-order valence-electron chi connectivity index (χ4n) is 4.68. The van der Waals surface area contributed by atoms with E-state index in [0.717, 1.165) is 11.4 Å². The van der Waals surface area contributed by atoms with Crippen molar-refractivity contribution in [2.75, 3.05) is 37.4 Å². The molecule has 10 heteroatoms. The zero-order chi connectivity index (χ0) is 23.0. The summed E-state index contributed by atoms with van der Waals surface area (Å²) in [7, 11) is 3.95. The van der Waals surface area contributed by atoms with Crippen LogP contribution in [0.3, 0.4) is 0 Å². The number of rotatable bonds is 4. The molecule has 2 amide bonds. The number of aliphatic imine (C=N–C) groups is 1. The molecule has 0 bridgehead atoms. The molecule has 174 valence electrons. The van der Waals surface area contributed by atoms with Gasteiger partial charge in [-0.1, -0.05) is 11.8 Å². The van der Waals surface area contributed by atoms with Gasteiger partial charge in [0.25, 0.3) is 0 Å². The number of aliphatic hydroxyl groups excluding tert-OH is 2. The van der Waals surface area contributed by atoms with Gasteiger partial charge in [-0.2, -0.15) is 0 Å². The van der Waals surface area contributed by atoms with Crippen LogP contribution < -0.4 is 16.0 Å². The zero-order valence-corrected chi connectivity index (χ0v) is 19.2. The molecule has 0 spiro atoms. The van der Waals surface area contributed by atoms with E-state index in [4.69, 9.17) is 5.73 Å². The molecule has 2 aliphatic heterocycles. The number of amides is 2. The van der Waals surface area contributed by atoms with Crippen LogP contribution in [-0.2, 0) is 9.59 Å². The van der Waals surface area contributed by atoms with Crippen LogP contribution in [0.2, 0.25) is 0 Å². The number of nitrogens with two attached hydrogens (primary N) is 1. The first kappa shape index (κ1) is 22.9. The zero-order valence-electron chi connectivity index (χ0n) is 18.3. The van der Waals surface area contributed by atoms with E-state index in [1.807, 2.05) is 43.3 Å². The van der Waals surface area contributed by atoms with Crippen LogP contribution in [0.25, 0.3) is 0 Å². The van der Waals surface area contributed by atoms with Gasteiger partial charge in [-0.05, 0) is 43.5 Å². The Hall–Kier alpha value is -2.30. The molecule has 0 radical (unpaired) electrons. The van der Waals surface area contributed by atoms with E-state index in [9.17, 15) is 19.8 Å². The number of piperidine rings is 1. The topological polar surface area (TPSA) is 131 Å². The molecular formula is C22H31N5O4S. The Morgan fingerprint density at radius 1 is 1.19 bits per heavy atom. The molecule has 4 rings (SSSR count). The van der Waals surface area contributed by atoms with Gasteiger partial charge in [0.05, 0.1) is 18.1 Å². The molecule has 2 heterocycles. The quantitative estimate of drug-likeness (QED) is 0.513. The van der Waals surface area contributed by atoms with Crippen molar-refractivity contribution in [1.82, 2.24) is 4.90 Å². The number of anilines is 2. The third kappa shape index (κ3) is 4.57. The molecule has 0 aromatic heterocycles. The van der Waals surface area contributed by atoms with Crippen molar-refractivity contribution in [2.24, 2.45) is 22.6 Å². The smallest absolute Gasteiger partial charge is 0.227 e. The molecule has 1 saturated heterocycles. The summed E-state index contributed by atoms with van der Waals surface area (Å²) in [5.74, 6) is -1.01. The second kappa shape index (κ2) is 9.29. The van der Waals surface area contributed by atoms with E-state index in [1.54, 1.807) is 4.90 Å². The van der Waals surface area contributed by atoms with Gasteiger partial charge in [0.1, 0.15) is 6.10 Å². The van der Waals surface area contributed by atoms with Crippen molar-refractivity contribution < 1.29 is 19.8 Å². The van der Waals surface area contributed by atoms with Gasteiger partial charge < -0.3 is 31.1 Å². The number of nitrogens with one attached hydrogen (secondary N) is 1. The number of primary amides is 1. The van der Waals surface area contributed by atoms with Crippen molar-refractivity contribution in [3.63, 3.8) is 0 Å². The number of hydrogen-bond donors (Lipinski definition) is 4. The molecule has 1 saturated carbocycles. The minimum absolute atomic E-state index is 0.0480. The number of fused-ring (bicyclic) bond motifs is 1. The molecule has 5 N–H and O–H groups in total. The Labute approximate surface area is 192 Å². The molecule has 3 aliphatic rings. The first-order chi connectivity index (χ1) is 15.2. The first-order valence-corrected chi connectivity index (χ1v) is 11.9. The molecular weight excluding hydrogens is 430 g/mol. The van der Waals surface area contributed by atoms with Gasteiger partial charge in [0.2, 0.25) is 11.8 Å². The normalized spacial score (nSPS) is 30.4. The molecule has 2 fully saturated rings. The van der Waals surface area contributed by atoms with Crippen LogP contribution in [-0.4, -0.2) is 82.8 Å². The summed E-state index contributed by atoms with van der Waals surface area (Å²) in [6, 6.07) is 7.35. The Morgan fingerprint density at radius 3 is 2.44 bits per heavy atom. The molecule has 9 nitrogen and oxygen atoms in total. The van der Waals surface area contributed by atoms with Gasteiger partial charge in [-0.3, -0.25) is 14.6 Å². The minimum Gasteiger partial charge on any atom is -0.390 e. The summed E-state index contributed by atoms with van der Waals surface area (Å²) in [6.07, 6.45) is -0.688. The maximum atomic E-state index is 13.3. The number of amidine groups is 1. The van der Waals surface area contributed by atoms with E-state index in [-0.39, 0.29) is 29.4 Å². The highest BCUT2D eigenvalue weighted by molar-refractivity contribution is 8.15. The van der Waals surface area contributed by atoms with Crippen molar-refractivity contribution in [1.29, 1.82) is 0 Å². The molecule has 1 aliphatic carbocycles. The number of aliphatic hydroxyl groups is 2. The SMILES string of the molecule is CN(C)c1ccc(NC2=N[C@@H]3[C@@H](O)[C@H](O)C[C@H](C(=O)N4CCC(C(N)=O)CC4)[C@H]3S2)cc1. The van der Waals surface area contributed by atoms with Gasteiger partial charge >= 0.3 is 0 Å². The highest BCUT2D eigenvalue weighted by atomic mass is 32.2. The summed E-state index contributed by atoms with van der Waals surface area (Å²) in [6.45, 7) is 0.960. The summed E-state index contributed by atoms with van der Waals surface area (Å²) in [5.41, 5.74) is 7.35. The second-order valence-corrected chi connectivity index (χ2v) is 10.1. The number of likely N-dealkylation sites (tertiary alicyclic amines) is 1. The van der Waals surface area contributed by atoms with Crippen molar-refractivity contribution in [3.8, 4) is 0 Å². The second-order valence-electron chi connectivity index (χ2n) is 8.98. The lowest BCUT2D eigenvalue weighted by Crippen LogP contribution is -2.55. The lowest BCUT2D eigenvalue weighted by atomic mass is 9.80. The Morgan fingerprint density at radius 2 is 1.84 bits per heavy atom. The van der Waals surface area contributed by atoms with Crippen LogP contribution in [0, 0.1) is 11.8 Å². The van der Waals surface area contributed by atoms with E-state index in [0.29, 0.717) is 31.1 Å². The minimum atomic E-state index is -1.01. The van der Waals surface area contributed by atoms with Crippen molar-refractivity contribution in [3.05, 3.63) is 24.3 Å². The number of carbonyl (C=O) groups is 2. The lowest BCUT2D eigenvalue weighted by Gasteiger charge is -2.40. The monoisotopic (exact) mass is 461 g/mol. The average molecular weight is 462 g/mol. The number of hydrogen-bond acceptors (Lipinski definition) is 8.